The molecule has 2 aromatic rings. The molecule has 31 heavy (non-hydrogen) atoms. The van der Waals surface area contributed by atoms with E-state index >= 15 is 0 Å². The molecule has 0 saturated carbocycles. The third-order valence-electron chi connectivity index (χ3n) is 5.85. The van der Waals surface area contributed by atoms with E-state index in [-0.39, 0.29) is 19.8 Å². The summed E-state index contributed by atoms with van der Waals surface area (Å²) in [7, 11) is 0. The second-order valence-corrected chi connectivity index (χ2v) is 8.27. The Balaban J connectivity index is 1.62. The summed E-state index contributed by atoms with van der Waals surface area (Å²) in [6.07, 6.45) is -4.16. The molecule has 5 atom stereocenters. The summed E-state index contributed by atoms with van der Waals surface area (Å²) < 4.78 is 17.0. The van der Waals surface area contributed by atoms with Crippen LogP contribution in [-0.2, 0) is 21.7 Å². The lowest BCUT2D eigenvalue weighted by Crippen LogP contribution is -2.65. The van der Waals surface area contributed by atoms with E-state index in [0.717, 1.165) is 11.1 Å². The normalized spacial score (nSPS) is 32.3. The second-order valence-electron chi connectivity index (χ2n) is 7.86. The summed E-state index contributed by atoms with van der Waals surface area (Å²) in [6.45, 7) is -0.615. The molecule has 2 bridgehead atoms. The first-order valence-corrected chi connectivity index (χ1v) is 10.3. The largest absolute Gasteiger partial charge is 0.491 e. The van der Waals surface area contributed by atoms with Crippen LogP contribution in [0.2, 0.25) is 5.02 Å². The molecule has 9 heteroatoms. The van der Waals surface area contributed by atoms with Gasteiger partial charge in [0.05, 0.1) is 19.8 Å². The Bertz CT molecular complexity index is 922. The predicted molar refractivity (Wildman–Crippen MR) is 110 cm³/mol. The first-order chi connectivity index (χ1) is 14.8. The molecule has 2 aliphatic rings. The molecule has 0 amide bonds. The van der Waals surface area contributed by atoms with Crippen molar-refractivity contribution in [3.63, 3.8) is 0 Å². The summed E-state index contributed by atoms with van der Waals surface area (Å²) in [6, 6.07) is 12.3. The van der Waals surface area contributed by atoms with Crippen LogP contribution >= 0.6 is 11.6 Å². The quantitative estimate of drug-likeness (QED) is 0.406. The van der Waals surface area contributed by atoms with E-state index in [1.807, 2.05) is 12.1 Å². The van der Waals surface area contributed by atoms with Gasteiger partial charge in [0.15, 0.2) is 0 Å². The summed E-state index contributed by atoms with van der Waals surface area (Å²) in [5.41, 5.74) is 0.580. The van der Waals surface area contributed by atoms with Gasteiger partial charge in [0.1, 0.15) is 36.3 Å². The van der Waals surface area contributed by atoms with Crippen LogP contribution < -0.4 is 4.74 Å². The van der Waals surface area contributed by atoms with E-state index in [0.29, 0.717) is 22.8 Å². The lowest BCUT2D eigenvalue weighted by atomic mass is 9.83. The highest BCUT2D eigenvalue weighted by molar-refractivity contribution is 6.31. The predicted octanol–water partition coefficient (Wildman–Crippen LogP) is 0.329. The van der Waals surface area contributed by atoms with E-state index in [4.69, 9.17) is 30.9 Å². The van der Waals surface area contributed by atoms with Crippen LogP contribution in [0.3, 0.4) is 0 Å². The lowest BCUT2D eigenvalue weighted by Gasteiger charge is -2.46. The molecule has 2 fully saturated rings. The Hall–Kier alpha value is -1.75. The zero-order chi connectivity index (χ0) is 22.2. The number of benzene rings is 2. The van der Waals surface area contributed by atoms with E-state index in [1.54, 1.807) is 30.3 Å². The van der Waals surface area contributed by atoms with Crippen molar-refractivity contribution in [2.75, 3.05) is 26.4 Å². The summed E-state index contributed by atoms with van der Waals surface area (Å²) in [5, 5.41) is 50.5. The summed E-state index contributed by atoms with van der Waals surface area (Å²) in [4.78, 5) is 0. The second kappa shape index (κ2) is 8.65. The third kappa shape index (κ3) is 3.83. The van der Waals surface area contributed by atoms with E-state index in [1.165, 1.54) is 0 Å². The van der Waals surface area contributed by atoms with Gasteiger partial charge in [-0.05, 0) is 41.8 Å². The van der Waals surface area contributed by atoms with Crippen LogP contribution in [0.25, 0.3) is 0 Å². The molecule has 0 unspecified atom stereocenters. The van der Waals surface area contributed by atoms with Gasteiger partial charge in [-0.3, -0.25) is 0 Å². The molecule has 4 rings (SSSR count). The lowest BCUT2D eigenvalue weighted by molar-refractivity contribution is -0.329. The van der Waals surface area contributed by atoms with Crippen LogP contribution in [-0.4, -0.2) is 75.9 Å². The average molecular weight is 453 g/mol. The van der Waals surface area contributed by atoms with Crippen LogP contribution in [0.4, 0.5) is 0 Å². The fourth-order valence-electron chi connectivity index (χ4n) is 4.09. The number of hydrogen-bond acceptors (Lipinski definition) is 8. The Morgan fingerprint density at radius 2 is 1.77 bits per heavy atom. The molecule has 2 heterocycles. The van der Waals surface area contributed by atoms with Gasteiger partial charge in [-0.2, -0.15) is 0 Å². The molecule has 0 aliphatic carbocycles. The molecule has 8 nitrogen and oxygen atoms in total. The summed E-state index contributed by atoms with van der Waals surface area (Å²) >= 11 is 6.40. The molecule has 0 aromatic heterocycles. The number of aliphatic hydroxyl groups excluding tert-OH is 5. The van der Waals surface area contributed by atoms with Crippen molar-refractivity contribution >= 4 is 11.6 Å². The van der Waals surface area contributed by atoms with Gasteiger partial charge in [0.25, 0.3) is 0 Å². The van der Waals surface area contributed by atoms with Gasteiger partial charge in [-0.1, -0.05) is 29.8 Å². The van der Waals surface area contributed by atoms with Crippen molar-refractivity contribution in [2.24, 2.45) is 0 Å². The Labute approximate surface area is 184 Å². The van der Waals surface area contributed by atoms with Gasteiger partial charge in [-0.15, -0.1) is 0 Å². The first kappa shape index (κ1) is 22.4. The Morgan fingerprint density at radius 3 is 2.45 bits per heavy atom. The number of ether oxygens (including phenoxy) is 3. The maximum Gasteiger partial charge on any atom is 0.225 e. The number of hydrogen-bond donors (Lipinski definition) is 5. The average Bonchev–Trinajstić information content (AvgIpc) is 3.17. The molecule has 168 valence electrons. The Kier molecular flexibility index (Phi) is 6.26. The molecular weight excluding hydrogens is 428 g/mol. The molecular formula is C22H25ClO8. The molecule has 2 aliphatic heterocycles. The highest BCUT2D eigenvalue weighted by atomic mass is 35.5. The van der Waals surface area contributed by atoms with Crippen molar-refractivity contribution in [3.8, 4) is 5.75 Å². The van der Waals surface area contributed by atoms with E-state index in [9.17, 15) is 20.4 Å². The molecule has 2 saturated heterocycles. The van der Waals surface area contributed by atoms with Crippen molar-refractivity contribution in [2.45, 2.75) is 36.1 Å². The number of halogens is 1. The zero-order valence-electron chi connectivity index (χ0n) is 16.6. The minimum atomic E-state index is -1.73. The minimum Gasteiger partial charge on any atom is -0.491 e. The van der Waals surface area contributed by atoms with Crippen LogP contribution in [0, 0.1) is 0 Å². The Morgan fingerprint density at radius 1 is 1.03 bits per heavy atom. The number of aliphatic hydroxyl groups is 5. The third-order valence-corrected chi connectivity index (χ3v) is 6.22. The fraction of sp³-hybridized carbons (Fsp3) is 0.455. The first-order valence-electron chi connectivity index (χ1n) is 9.96. The highest BCUT2D eigenvalue weighted by Crippen LogP contribution is 2.49. The van der Waals surface area contributed by atoms with E-state index < -0.39 is 36.3 Å². The standard InChI is InChI=1S/C22H25ClO8/c23-17-6-3-15(10-14(17)9-13-1-4-16(5-2-13)29-8-7-24)22-20(28)18(26)19(27)21(11-25,31-22)12-30-22/h1-6,10,18-20,24-28H,7-9,11-12H2/t18-,19-,20+,21-,22-/m0/s1. The van der Waals surface area contributed by atoms with Crippen molar-refractivity contribution in [1.82, 2.24) is 0 Å². The highest BCUT2D eigenvalue weighted by Gasteiger charge is 2.67. The number of fused-ring (bicyclic) bond motifs is 2. The topological polar surface area (TPSA) is 129 Å². The fourth-order valence-corrected chi connectivity index (χ4v) is 4.27. The molecule has 0 spiro atoms. The smallest absolute Gasteiger partial charge is 0.225 e. The van der Waals surface area contributed by atoms with Gasteiger partial charge in [-0.25, -0.2) is 0 Å². The van der Waals surface area contributed by atoms with Crippen molar-refractivity contribution < 1.29 is 39.7 Å². The van der Waals surface area contributed by atoms with E-state index in [2.05, 4.69) is 0 Å². The van der Waals surface area contributed by atoms with Crippen LogP contribution in [0.5, 0.6) is 5.75 Å². The van der Waals surface area contributed by atoms with Crippen LogP contribution in [0.1, 0.15) is 16.7 Å². The van der Waals surface area contributed by atoms with Gasteiger partial charge >= 0.3 is 0 Å². The number of rotatable bonds is 7. The van der Waals surface area contributed by atoms with Gasteiger partial charge < -0.3 is 39.7 Å². The maximum atomic E-state index is 10.7. The minimum absolute atomic E-state index is 0.0643. The molecule has 2 aromatic carbocycles. The van der Waals surface area contributed by atoms with Crippen molar-refractivity contribution in [3.05, 3.63) is 64.2 Å². The maximum absolute atomic E-state index is 10.7. The molecule has 5 N–H and O–H groups in total. The molecule has 0 radical (unpaired) electrons. The van der Waals surface area contributed by atoms with Gasteiger partial charge in [0, 0.05) is 10.6 Å². The van der Waals surface area contributed by atoms with Crippen molar-refractivity contribution in [1.29, 1.82) is 0 Å². The summed E-state index contributed by atoms with van der Waals surface area (Å²) in [5.74, 6) is -1.09. The van der Waals surface area contributed by atoms with Crippen LogP contribution in [0.15, 0.2) is 42.5 Å². The van der Waals surface area contributed by atoms with Gasteiger partial charge in [0.2, 0.25) is 5.79 Å². The SMILES string of the molecule is OCCOc1ccc(Cc2cc([C@]34OC[C@](CO)(O3)[C@@H](O)[C@H](O)[C@H]4O)ccc2Cl)cc1. The monoisotopic (exact) mass is 452 g/mol. The zero-order valence-corrected chi connectivity index (χ0v) is 17.4.